The number of carbonyl (C=O) groups is 1. The third-order valence-corrected chi connectivity index (χ3v) is 5.49. The number of aliphatic hydroxyl groups excluding tert-OH is 1. The molecule has 0 saturated heterocycles. The molecular weight excluding hydrogens is 372 g/mol. The smallest absolute Gasteiger partial charge is 0.339 e. The summed E-state index contributed by atoms with van der Waals surface area (Å²) in [7, 11) is 0. The van der Waals surface area contributed by atoms with Crippen LogP contribution in [0.25, 0.3) is 6.08 Å². The summed E-state index contributed by atoms with van der Waals surface area (Å²) in [5, 5.41) is 40.7. The largest absolute Gasteiger partial charge is 0.506 e. The summed E-state index contributed by atoms with van der Waals surface area (Å²) in [6.45, 7) is 9.09. The first-order chi connectivity index (χ1) is 13.4. The number of aromatic carboxylic acids is 1. The number of hydrogen-bond acceptors (Lipinski definition) is 5. The molecule has 6 nitrogen and oxygen atoms in total. The van der Waals surface area contributed by atoms with E-state index in [-0.39, 0.29) is 11.3 Å². The zero-order valence-corrected chi connectivity index (χ0v) is 17.8. The van der Waals surface area contributed by atoms with Crippen molar-refractivity contribution in [1.82, 2.24) is 0 Å². The van der Waals surface area contributed by atoms with Gasteiger partial charge < -0.3 is 25.2 Å². The summed E-state index contributed by atoms with van der Waals surface area (Å²) in [4.78, 5) is 11.4. The van der Waals surface area contributed by atoms with Crippen molar-refractivity contribution in [3.05, 3.63) is 40.5 Å². The predicted molar refractivity (Wildman–Crippen MR) is 112 cm³/mol. The number of benzene rings is 1. The van der Waals surface area contributed by atoms with Gasteiger partial charge in [-0.1, -0.05) is 11.6 Å². The lowest BCUT2D eigenvalue weighted by Crippen LogP contribution is -2.41. The molecule has 1 aliphatic rings. The van der Waals surface area contributed by atoms with Gasteiger partial charge in [0.1, 0.15) is 22.7 Å². The van der Waals surface area contributed by atoms with E-state index in [0.717, 1.165) is 0 Å². The minimum atomic E-state index is -1.20. The number of carboxylic acids is 1. The zero-order valence-electron chi connectivity index (χ0n) is 17.8. The van der Waals surface area contributed by atoms with Crippen molar-refractivity contribution in [3.63, 3.8) is 0 Å². The van der Waals surface area contributed by atoms with E-state index in [1.807, 2.05) is 26.8 Å². The van der Waals surface area contributed by atoms with Gasteiger partial charge in [-0.2, -0.15) is 0 Å². The molecule has 0 spiro atoms. The molecule has 0 unspecified atom stereocenters. The third kappa shape index (κ3) is 5.40. The summed E-state index contributed by atoms with van der Waals surface area (Å²) >= 11 is 0. The third-order valence-electron chi connectivity index (χ3n) is 5.49. The van der Waals surface area contributed by atoms with E-state index in [9.17, 15) is 25.2 Å². The molecular formula is C23H32O6. The molecule has 3 atom stereocenters. The second-order valence-corrected chi connectivity index (χ2v) is 8.61. The molecule has 1 aromatic rings. The number of fused-ring (bicyclic) bond motifs is 1. The highest BCUT2D eigenvalue weighted by Crippen LogP contribution is 2.41. The van der Waals surface area contributed by atoms with Crippen LogP contribution in [0.3, 0.4) is 0 Å². The second kappa shape index (κ2) is 8.59. The average Bonchev–Trinajstić information content (AvgIpc) is 2.58. The Morgan fingerprint density at radius 2 is 2.03 bits per heavy atom. The normalized spacial score (nSPS) is 20.9. The van der Waals surface area contributed by atoms with Crippen molar-refractivity contribution >= 4 is 12.0 Å². The monoisotopic (exact) mass is 404 g/mol. The quantitative estimate of drug-likeness (QED) is 0.484. The molecule has 0 saturated carbocycles. The van der Waals surface area contributed by atoms with Crippen LogP contribution in [0.2, 0.25) is 0 Å². The van der Waals surface area contributed by atoms with E-state index in [0.29, 0.717) is 42.6 Å². The molecule has 160 valence electrons. The summed E-state index contributed by atoms with van der Waals surface area (Å²) in [6.07, 6.45) is 6.46. The first kappa shape index (κ1) is 23.0. The Hall–Kier alpha value is -2.31. The van der Waals surface area contributed by atoms with Gasteiger partial charge in [0.05, 0.1) is 17.3 Å². The topological polar surface area (TPSA) is 107 Å². The van der Waals surface area contributed by atoms with Crippen LogP contribution in [0, 0.1) is 6.92 Å². The Balaban J connectivity index is 2.10. The predicted octanol–water partition coefficient (Wildman–Crippen LogP) is 4.20. The number of rotatable bonds is 8. The van der Waals surface area contributed by atoms with Crippen LogP contribution in [0.1, 0.15) is 74.9 Å². The highest BCUT2D eigenvalue weighted by Gasteiger charge is 2.35. The van der Waals surface area contributed by atoms with Crippen molar-refractivity contribution in [2.45, 2.75) is 77.6 Å². The van der Waals surface area contributed by atoms with Crippen molar-refractivity contribution in [2.24, 2.45) is 0 Å². The number of phenols is 1. The lowest BCUT2D eigenvalue weighted by atomic mass is 9.86. The first-order valence-corrected chi connectivity index (χ1v) is 9.88. The van der Waals surface area contributed by atoms with E-state index in [1.165, 1.54) is 5.57 Å². The molecule has 0 aromatic heterocycles. The van der Waals surface area contributed by atoms with Gasteiger partial charge in [0.2, 0.25) is 0 Å². The molecule has 0 bridgehead atoms. The Kier molecular flexibility index (Phi) is 6.81. The van der Waals surface area contributed by atoms with Gasteiger partial charge in [-0.05, 0) is 84.1 Å². The van der Waals surface area contributed by atoms with Crippen LogP contribution < -0.4 is 4.74 Å². The molecule has 0 radical (unpaired) electrons. The maximum atomic E-state index is 11.4. The molecule has 2 rings (SSSR count). The van der Waals surface area contributed by atoms with Crippen LogP contribution in [-0.4, -0.2) is 43.7 Å². The molecule has 1 aliphatic heterocycles. The van der Waals surface area contributed by atoms with Gasteiger partial charge in [-0.3, -0.25) is 0 Å². The van der Waals surface area contributed by atoms with Crippen LogP contribution in [0.4, 0.5) is 0 Å². The van der Waals surface area contributed by atoms with Crippen LogP contribution in [0.5, 0.6) is 11.5 Å². The number of aliphatic hydroxyl groups is 2. The summed E-state index contributed by atoms with van der Waals surface area (Å²) in [6, 6.07) is 1.60. The molecule has 0 amide bonds. The molecule has 0 fully saturated rings. The molecule has 4 N–H and O–H groups in total. The number of allylic oxidation sites excluding steroid dienone is 2. The molecule has 1 heterocycles. The molecule has 1 aromatic carbocycles. The Labute approximate surface area is 172 Å². The van der Waals surface area contributed by atoms with Crippen molar-refractivity contribution in [1.29, 1.82) is 0 Å². The van der Waals surface area contributed by atoms with Gasteiger partial charge in [0, 0.05) is 0 Å². The number of aryl methyl sites for hydroxylation is 1. The zero-order chi connectivity index (χ0) is 22.0. The average molecular weight is 405 g/mol. The SMILES string of the molecule is CC(C)=CCC[C@@](C)(O)[C@H](O)CC[C@]1(C)C=Cc2c(cc(C)c(C(=O)O)c2O)O1. The Bertz CT molecular complexity index is 832. The van der Waals surface area contributed by atoms with Crippen LogP contribution in [-0.2, 0) is 0 Å². The van der Waals surface area contributed by atoms with Crippen LogP contribution in [0.15, 0.2) is 23.8 Å². The second-order valence-electron chi connectivity index (χ2n) is 8.61. The maximum absolute atomic E-state index is 11.4. The van der Waals surface area contributed by atoms with Crippen LogP contribution >= 0.6 is 0 Å². The van der Waals surface area contributed by atoms with Gasteiger partial charge in [-0.15, -0.1) is 0 Å². The van der Waals surface area contributed by atoms with E-state index in [1.54, 1.807) is 32.1 Å². The summed E-state index contributed by atoms with van der Waals surface area (Å²) in [5.41, 5.74) is -0.166. The molecule has 0 aliphatic carbocycles. The van der Waals surface area contributed by atoms with Gasteiger partial charge in [0.15, 0.2) is 0 Å². The van der Waals surface area contributed by atoms with Gasteiger partial charge in [0.25, 0.3) is 0 Å². The van der Waals surface area contributed by atoms with Crippen molar-refractivity contribution in [2.75, 3.05) is 0 Å². The summed E-state index contributed by atoms with van der Waals surface area (Å²) in [5.74, 6) is -1.10. The van der Waals surface area contributed by atoms with E-state index >= 15 is 0 Å². The minimum absolute atomic E-state index is 0.136. The molecule has 6 heteroatoms. The van der Waals surface area contributed by atoms with Crippen molar-refractivity contribution < 1.29 is 30.0 Å². The van der Waals surface area contributed by atoms with E-state index < -0.39 is 23.3 Å². The fourth-order valence-corrected chi connectivity index (χ4v) is 3.53. The lowest BCUT2D eigenvalue weighted by Gasteiger charge is -2.35. The van der Waals surface area contributed by atoms with Gasteiger partial charge >= 0.3 is 5.97 Å². The lowest BCUT2D eigenvalue weighted by molar-refractivity contribution is -0.0748. The standard InChI is InChI=1S/C23H32O6/c1-14(2)7-6-10-23(5,28)18(24)9-12-22(4)11-8-16-17(29-22)13-15(3)19(20(16)25)21(26)27/h7-8,11,13,18,24-25,28H,6,9-10,12H2,1-5H3,(H,26,27)/t18-,22+,23-/m1/s1. The number of carboxylic acid groups (broad SMARTS) is 1. The Morgan fingerprint density at radius 1 is 1.38 bits per heavy atom. The first-order valence-electron chi connectivity index (χ1n) is 9.88. The highest BCUT2D eigenvalue weighted by molar-refractivity contribution is 5.95. The highest BCUT2D eigenvalue weighted by atomic mass is 16.5. The minimum Gasteiger partial charge on any atom is -0.506 e. The fourth-order valence-electron chi connectivity index (χ4n) is 3.53. The Morgan fingerprint density at radius 3 is 2.62 bits per heavy atom. The summed E-state index contributed by atoms with van der Waals surface area (Å²) < 4.78 is 6.05. The number of aromatic hydroxyl groups is 1. The van der Waals surface area contributed by atoms with E-state index in [2.05, 4.69) is 0 Å². The van der Waals surface area contributed by atoms with E-state index in [4.69, 9.17) is 4.74 Å². The number of ether oxygens (including phenoxy) is 1. The fraction of sp³-hybridized carbons (Fsp3) is 0.522. The van der Waals surface area contributed by atoms with Crippen molar-refractivity contribution in [3.8, 4) is 11.5 Å². The number of hydrogen-bond donors (Lipinski definition) is 4. The van der Waals surface area contributed by atoms with Gasteiger partial charge in [-0.25, -0.2) is 4.79 Å². The molecule has 29 heavy (non-hydrogen) atoms. The maximum Gasteiger partial charge on any atom is 0.339 e.